The first-order valence-electron chi connectivity index (χ1n) is 7.07. The van der Waals surface area contributed by atoms with Gasteiger partial charge in [0.05, 0.1) is 12.0 Å². The summed E-state index contributed by atoms with van der Waals surface area (Å²) in [5.41, 5.74) is 2.56. The lowest BCUT2D eigenvalue weighted by molar-refractivity contribution is -0.144. The predicted octanol–water partition coefficient (Wildman–Crippen LogP) is 2.29. The third-order valence-corrected chi connectivity index (χ3v) is 5.44. The Labute approximate surface area is 108 Å². The van der Waals surface area contributed by atoms with E-state index in [1.807, 2.05) is 6.92 Å². The maximum absolute atomic E-state index is 11.7. The van der Waals surface area contributed by atoms with Crippen molar-refractivity contribution in [1.82, 2.24) is 0 Å². The Bertz CT molecular complexity index is 412. The lowest BCUT2D eigenvalue weighted by Gasteiger charge is -2.20. The fourth-order valence-corrected chi connectivity index (χ4v) is 4.11. The number of aliphatic hydroxyl groups is 1. The average Bonchev–Trinajstić information content (AvgIpc) is 2.68. The maximum Gasteiger partial charge on any atom is 0.309 e. The molecule has 0 spiro atoms. The van der Waals surface area contributed by atoms with Gasteiger partial charge in [0, 0.05) is 5.92 Å². The molecule has 1 saturated carbocycles. The van der Waals surface area contributed by atoms with Gasteiger partial charge in [-0.3, -0.25) is 4.79 Å². The van der Waals surface area contributed by atoms with Crippen molar-refractivity contribution in [1.29, 1.82) is 0 Å². The Morgan fingerprint density at radius 3 is 2.72 bits per heavy atom. The Kier molecular flexibility index (Phi) is 2.77. The minimum atomic E-state index is -0.266. The molecule has 0 aromatic heterocycles. The van der Waals surface area contributed by atoms with Crippen LogP contribution in [0.5, 0.6) is 0 Å². The van der Waals surface area contributed by atoms with E-state index in [2.05, 4.69) is 13.8 Å². The van der Waals surface area contributed by atoms with Gasteiger partial charge in [-0.2, -0.15) is 0 Å². The molecule has 3 heteroatoms. The summed E-state index contributed by atoms with van der Waals surface area (Å²) in [7, 11) is 0. The monoisotopic (exact) mass is 250 g/mol. The smallest absolute Gasteiger partial charge is 0.309 e. The van der Waals surface area contributed by atoms with E-state index in [1.54, 1.807) is 0 Å². The van der Waals surface area contributed by atoms with Crippen LogP contribution in [-0.2, 0) is 9.53 Å². The highest BCUT2D eigenvalue weighted by Gasteiger charge is 2.48. The highest BCUT2D eigenvalue weighted by Crippen LogP contribution is 2.49. The van der Waals surface area contributed by atoms with Crippen molar-refractivity contribution >= 4 is 5.97 Å². The first-order valence-corrected chi connectivity index (χ1v) is 7.07. The summed E-state index contributed by atoms with van der Waals surface area (Å²) in [4.78, 5) is 11.7. The van der Waals surface area contributed by atoms with E-state index in [0.717, 1.165) is 24.8 Å². The minimum absolute atomic E-state index is 0.0130. The van der Waals surface area contributed by atoms with Crippen LogP contribution in [0.2, 0.25) is 0 Å². The van der Waals surface area contributed by atoms with Crippen LogP contribution in [0.25, 0.3) is 0 Å². The molecule has 1 aliphatic heterocycles. The quantitative estimate of drug-likeness (QED) is 0.530. The van der Waals surface area contributed by atoms with E-state index < -0.39 is 0 Å². The molecule has 18 heavy (non-hydrogen) atoms. The largest absolute Gasteiger partial charge is 0.462 e. The molecule has 0 bridgehead atoms. The second-order valence-corrected chi connectivity index (χ2v) is 6.41. The van der Waals surface area contributed by atoms with Crippen LogP contribution >= 0.6 is 0 Å². The lowest BCUT2D eigenvalue weighted by atomic mass is 9.85. The number of carbonyl (C=O) groups is 1. The standard InChI is InChI=1S/C15H22O3/c1-7-4-14-12(9(3)15(17)18-14)5-11-8(2)13(16)6-10(7)11/h7,9-10,12-14,16H,4-6H2,1-3H3. The van der Waals surface area contributed by atoms with Crippen LogP contribution in [-0.4, -0.2) is 23.3 Å². The van der Waals surface area contributed by atoms with Crippen molar-refractivity contribution in [3.8, 4) is 0 Å². The van der Waals surface area contributed by atoms with E-state index in [-0.39, 0.29) is 24.1 Å². The molecule has 0 aromatic carbocycles. The van der Waals surface area contributed by atoms with Crippen LogP contribution < -0.4 is 0 Å². The highest BCUT2D eigenvalue weighted by atomic mass is 16.6. The molecule has 1 N–H and O–H groups in total. The number of allylic oxidation sites excluding steroid dienone is 1. The third-order valence-electron chi connectivity index (χ3n) is 5.44. The van der Waals surface area contributed by atoms with E-state index in [0.29, 0.717) is 17.8 Å². The molecule has 0 radical (unpaired) electrons. The molecule has 2 fully saturated rings. The van der Waals surface area contributed by atoms with Gasteiger partial charge in [0.1, 0.15) is 6.10 Å². The van der Waals surface area contributed by atoms with E-state index >= 15 is 0 Å². The zero-order chi connectivity index (χ0) is 13.0. The number of rotatable bonds is 0. The van der Waals surface area contributed by atoms with Crippen molar-refractivity contribution in [3.05, 3.63) is 11.1 Å². The molecule has 100 valence electrons. The van der Waals surface area contributed by atoms with Crippen LogP contribution in [0.3, 0.4) is 0 Å². The molecular weight excluding hydrogens is 228 g/mol. The van der Waals surface area contributed by atoms with Crippen molar-refractivity contribution in [2.45, 2.75) is 52.2 Å². The summed E-state index contributed by atoms with van der Waals surface area (Å²) >= 11 is 0. The number of esters is 1. The normalized spacial score (nSPS) is 47.7. The predicted molar refractivity (Wildman–Crippen MR) is 67.7 cm³/mol. The number of aliphatic hydroxyl groups excluding tert-OH is 1. The van der Waals surface area contributed by atoms with Gasteiger partial charge in [0.25, 0.3) is 0 Å². The summed E-state index contributed by atoms with van der Waals surface area (Å²) in [6, 6.07) is 0. The molecule has 3 rings (SSSR count). The van der Waals surface area contributed by atoms with Gasteiger partial charge >= 0.3 is 5.97 Å². The van der Waals surface area contributed by atoms with Crippen LogP contribution in [0.1, 0.15) is 40.0 Å². The van der Waals surface area contributed by atoms with Crippen LogP contribution in [0, 0.1) is 23.7 Å². The molecule has 6 unspecified atom stereocenters. The topological polar surface area (TPSA) is 46.5 Å². The summed E-state index contributed by atoms with van der Waals surface area (Å²) in [5.74, 6) is 1.29. The van der Waals surface area contributed by atoms with Gasteiger partial charge in [-0.15, -0.1) is 0 Å². The molecule has 1 heterocycles. The van der Waals surface area contributed by atoms with E-state index in [4.69, 9.17) is 4.74 Å². The zero-order valence-electron chi connectivity index (χ0n) is 11.3. The number of ether oxygens (including phenoxy) is 1. The van der Waals surface area contributed by atoms with Gasteiger partial charge in [0.15, 0.2) is 0 Å². The summed E-state index contributed by atoms with van der Waals surface area (Å²) in [6.07, 6.45) is 2.59. The molecule has 1 saturated heterocycles. The fourth-order valence-electron chi connectivity index (χ4n) is 4.11. The number of fused-ring (bicyclic) bond motifs is 2. The van der Waals surface area contributed by atoms with Crippen LogP contribution in [0.15, 0.2) is 11.1 Å². The van der Waals surface area contributed by atoms with Crippen molar-refractivity contribution in [2.75, 3.05) is 0 Å². The van der Waals surface area contributed by atoms with Crippen molar-refractivity contribution < 1.29 is 14.6 Å². The SMILES string of the molecule is CC1=C2CC3C(CC(C)C2CC1O)OC(=O)C3C. The first kappa shape index (κ1) is 12.2. The molecule has 3 nitrogen and oxygen atoms in total. The first-order chi connectivity index (χ1) is 8.49. The molecule has 0 aromatic rings. The molecule has 0 amide bonds. The molecular formula is C15H22O3. The lowest BCUT2D eigenvalue weighted by Crippen LogP contribution is -2.20. The minimum Gasteiger partial charge on any atom is -0.462 e. The Morgan fingerprint density at radius 1 is 1.28 bits per heavy atom. The van der Waals surface area contributed by atoms with Gasteiger partial charge < -0.3 is 9.84 Å². The van der Waals surface area contributed by atoms with E-state index in [9.17, 15) is 9.90 Å². The molecule has 3 aliphatic rings. The summed E-state index contributed by atoms with van der Waals surface area (Å²) < 4.78 is 5.53. The molecule has 6 atom stereocenters. The highest BCUT2D eigenvalue weighted by molar-refractivity contribution is 5.75. The van der Waals surface area contributed by atoms with Crippen molar-refractivity contribution in [2.24, 2.45) is 23.7 Å². The fraction of sp³-hybridized carbons (Fsp3) is 0.800. The van der Waals surface area contributed by atoms with Gasteiger partial charge in [0.2, 0.25) is 0 Å². The second kappa shape index (κ2) is 4.09. The summed E-state index contributed by atoms with van der Waals surface area (Å²) in [6.45, 7) is 6.27. The van der Waals surface area contributed by atoms with Gasteiger partial charge in [-0.1, -0.05) is 19.4 Å². The maximum atomic E-state index is 11.7. The zero-order valence-corrected chi connectivity index (χ0v) is 11.3. The third kappa shape index (κ3) is 1.63. The number of carbonyl (C=O) groups excluding carboxylic acids is 1. The van der Waals surface area contributed by atoms with Gasteiger partial charge in [-0.05, 0) is 43.6 Å². The number of hydrogen-bond acceptors (Lipinski definition) is 3. The van der Waals surface area contributed by atoms with E-state index in [1.165, 1.54) is 5.57 Å². The average molecular weight is 250 g/mol. The number of hydrogen-bond donors (Lipinski definition) is 1. The summed E-state index contributed by atoms with van der Waals surface area (Å²) in [5, 5.41) is 10.0. The Balaban J connectivity index is 1.95. The Morgan fingerprint density at radius 2 is 2.00 bits per heavy atom. The van der Waals surface area contributed by atoms with Gasteiger partial charge in [-0.25, -0.2) is 0 Å². The van der Waals surface area contributed by atoms with Crippen LogP contribution in [0.4, 0.5) is 0 Å². The Hall–Kier alpha value is -0.830. The second-order valence-electron chi connectivity index (χ2n) is 6.41. The van der Waals surface area contributed by atoms with Crippen molar-refractivity contribution in [3.63, 3.8) is 0 Å². The molecule has 2 aliphatic carbocycles.